The van der Waals surface area contributed by atoms with E-state index in [-0.39, 0.29) is 0 Å². The zero-order valence-electron chi connectivity index (χ0n) is 10.6. The van der Waals surface area contributed by atoms with Gasteiger partial charge in [-0.05, 0) is 79.9 Å². The second kappa shape index (κ2) is 5.02. The molecule has 2 atom stereocenters. The molecule has 2 rings (SSSR count). The molecule has 0 aromatic heterocycles. The highest BCUT2D eigenvalue weighted by Gasteiger charge is 2.57. The predicted octanol–water partition coefficient (Wildman–Crippen LogP) is 4.56. The van der Waals surface area contributed by atoms with Crippen molar-refractivity contribution in [1.29, 1.82) is 0 Å². The Bertz CT molecular complexity index is 415. The highest BCUT2D eigenvalue weighted by atomic mass is 79.9. The standard InChI is InChI=1S/C14H19Br2N/c1-4-17-8-10-13(14(10,2)3)9-5-6-11(15)12(16)7-9/h5-7,10,13,17H,4,8H2,1-3H3. The van der Waals surface area contributed by atoms with E-state index < -0.39 is 0 Å². The molecule has 1 aliphatic rings. The summed E-state index contributed by atoms with van der Waals surface area (Å²) in [6.45, 7) is 9.09. The number of hydrogen-bond donors (Lipinski definition) is 1. The monoisotopic (exact) mass is 359 g/mol. The summed E-state index contributed by atoms with van der Waals surface area (Å²) in [5.74, 6) is 1.45. The van der Waals surface area contributed by atoms with Crippen molar-refractivity contribution in [3.8, 4) is 0 Å². The van der Waals surface area contributed by atoms with Gasteiger partial charge in [0.2, 0.25) is 0 Å². The van der Waals surface area contributed by atoms with Crippen molar-refractivity contribution >= 4 is 31.9 Å². The van der Waals surface area contributed by atoms with Crippen molar-refractivity contribution in [2.24, 2.45) is 11.3 Å². The van der Waals surface area contributed by atoms with E-state index in [4.69, 9.17) is 0 Å². The van der Waals surface area contributed by atoms with E-state index in [1.54, 1.807) is 0 Å². The van der Waals surface area contributed by atoms with Gasteiger partial charge < -0.3 is 5.32 Å². The molecule has 1 aliphatic carbocycles. The van der Waals surface area contributed by atoms with Crippen LogP contribution in [0.5, 0.6) is 0 Å². The quantitative estimate of drug-likeness (QED) is 0.829. The first kappa shape index (κ1) is 13.6. The summed E-state index contributed by atoms with van der Waals surface area (Å²) >= 11 is 7.12. The molecule has 1 fully saturated rings. The molecule has 1 nitrogen and oxygen atoms in total. The van der Waals surface area contributed by atoms with Crippen molar-refractivity contribution in [3.63, 3.8) is 0 Å². The second-order valence-corrected chi connectivity index (χ2v) is 7.10. The van der Waals surface area contributed by atoms with E-state index in [0.29, 0.717) is 11.3 Å². The fraction of sp³-hybridized carbons (Fsp3) is 0.571. The van der Waals surface area contributed by atoms with Gasteiger partial charge in [-0.3, -0.25) is 0 Å². The molecule has 2 unspecified atom stereocenters. The van der Waals surface area contributed by atoms with E-state index in [9.17, 15) is 0 Å². The SMILES string of the molecule is CCNCC1C(c2ccc(Br)c(Br)c2)C1(C)C. The predicted molar refractivity (Wildman–Crippen MR) is 80.4 cm³/mol. The van der Waals surface area contributed by atoms with Gasteiger partial charge in [-0.1, -0.05) is 26.8 Å². The minimum atomic E-state index is 0.426. The molecule has 17 heavy (non-hydrogen) atoms. The molecule has 1 N–H and O–H groups in total. The van der Waals surface area contributed by atoms with Gasteiger partial charge in [-0.2, -0.15) is 0 Å². The molecular formula is C14H19Br2N. The Kier molecular flexibility index (Phi) is 4.01. The summed E-state index contributed by atoms with van der Waals surface area (Å²) in [6, 6.07) is 6.63. The topological polar surface area (TPSA) is 12.0 Å². The van der Waals surface area contributed by atoms with E-state index >= 15 is 0 Å². The first-order valence-electron chi connectivity index (χ1n) is 6.14. The third-order valence-electron chi connectivity index (χ3n) is 3.97. The fourth-order valence-corrected chi connectivity index (χ4v) is 3.44. The number of hydrogen-bond acceptors (Lipinski definition) is 1. The van der Waals surface area contributed by atoms with Crippen LogP contribution in [0, 0.1) is 11.3 Å². The van der Waals surface area contributed by atoms with Crippen LogP contribution in [0.4, 0.5) is 0 Å². The van der Waals surface area contributed by atoms with Crippen LogP contribution in [0.3, 0.4) is 0 Å². The number of nitrogens with one attached hydrogen (secondary N) is 1. The van der Waals surface area contributed by atoms with Gasteiger partial charge in [0.1, 0.15) is 0 Å². The van der Waals surface area contributed by atoms with Crippen molar-refractivity contribution in [2.75, 3.05) is 13.1 Å². The third kappa shape index (κ3) is 2.61. The summed E-state index contributed by atoms with van der Waals surface area (Å²) in [7, 11) is 0. The zero-order chi connectivity index (χ0) is 12.6. The van der Waals surface area contributed by atoms with Crippen LogP contribution in [0.1, 0.15) is 32.3 Å². The molecule has 0 amide bonds. The van der Waals surface area contributed by atoms with Gasteiger partial charge in [-0.15, -0.1) is 0 Å². The van der Waals surface area contributed by atoms with E-state index in [1.165, 1.54) is 5.56 Å². The number of halogens is 2. The van der Waals surface area contributed by atoms with Crippen LogP contribution < -0.4 is 5.32 Å². The summed E-state index contributed by atoms with van der Waals surface area (Å²) in [6.07, 6.45) is 0. The zero-order valence-corrected chi connectivity index (χ0v) is 13.7. The molecule has 0 aliphatic heterocycles. The molecule has 3 heteroatoms. The maximum atomic E-state index is 3.59. The Morgan fingerprint density at radius 1 is 1.24 bits per heavy atom. The molecule has 94 valence electrons. The van der Waals surface area contributed by atoms with Crippen LogP contribution in [0.2, 0.25) is 0 Å². The van der Waals surface area contributed by atoms with Crippen LogP contribution in [0.25, 0.3) is 0 Å². The van der Waals surface area contributed by atoms with Crippen LogP contribution in [0.15, 0.2) is 27.1 Å². The average Bonchev–Trinajstić information content (AvgIpc) is 2.82. The maximum absolute atomic E-state index is 3.59. The third-order valence-corrected chi connectivity index (χ3v) is 5.85. The van der Waals surface area contributed by atoms with E-state index in [0.717, 1.165) is 28.0 Å². The number of rotatable bonds is 4. The Hall–Kier alpha value is 0.140. The Morgan fingerprint density at radius 3 is 2.53 bits per heavy atom. The molecule has 1 saturated carbocycles. The summed E-state index contributed by atoms with van der Waals surface area (Å²) < 4.78 is 2.28. The summed E-state index contributed by atoms with van der Waals surface area (Å²) in [4.78, 5) is 0. The largest absolute Gasteiger partial charge is 0.317 e. The molecule has 0 radical (unpaired) electrons. The Balaban J connectivity index is 2.15. The lowest BCUT2D eigenvalue weighted by atomic mass is 10.0. The van der Waals surface area contributed by atoms with E-state index in [1.807, 2.05) is 0 Å². The van der Waals surface area contributed by atoms with Gasteiger partial charge in [0.25, 0.3) is 0 Å². The average molecular weight is 361 g/mol. The van der Waals surface area contributed by atoms with E-state index in [2.05, 4.69) is 76.1 Å². The summed E-state index contributed by atoms with van der Waals surface area (Å²) in [5.41, 5.74) is 1.88. The normalized spacial score (nSPS) is 25.9. The van der Waals surface area contributed by atoms with Gasteiger partial charge in [0.15, 0.2) is 0 Å². The first-order valence-corrected chi connectivity index (χ1v) is 7.72. The molecule has 1 aromatic rings. The lowest BCUT2D eigenvalue weighted by Crippen LogP contribution is -2.17. The lowest BCUT2D eigenvalue weighted by molar-refractivity contribution is 0.525. The van der Waals surface area contributed by atoms with Gasteiger partial charge in [0, 0.05) is 8.95 Å². The van der Waals surface area contributed by atoms with Gasteiger partial charge >= 0.3 is 0 Å². The smallest absolute Gasteiger partial charge is 0.0320 e. The molecule has 0 heterocycles. The summed E-state index contributed by atoms with van der Waals surface area (Å²) in [5, 5.41) is 3.47. The number of benzene rings is 1. The second-order valence-electron chi connectivity index (χ2n) is 5.39. The van der Waals surface area contributed by atoms with Crippen LogP contribution in [-0.4, -0.2) is 13.1 Å². The molecule has 1 aromatic carbocycles. The highest BCUT2D eigenvalue weighted by molar-refractivity contribution is 9.13. The minimum Gasteiger partial charge on any atom is -0.317 e. The van der Waals surface area contributed by atoms with Crippen molar-refractivity contribution in [3.05, 3.63) is 32.7 Å². The molecular weight excluding hydrogens is 342 g/mol. The Labute approximate surface area is 121 Å². The van der Waals surface area contributed by atoms with Crippen molar-refractivity contribution < 1.29 is 0 Å². The lowest BCUT2D eigenvalue weighted by Gasteiger charge is -2.04. The highest BCUT2D eigenvalue weighted by Crippen LogP contribution is 2.64. The Morgan fingerprint density at radius 2 is 1.94 bits per heavy atom. The van der Waals surface area contributed by atoms with Gasteiger partial charge in [-0.25, -0.2) is 0 Å². The maximum Gasteiger partial charge on any atom is 0.0320 e. The molecule has 0 spiro atoms. The van der Waals surface area contributed by atoms with Crippen LogP contribution >= 0.6 is 31.9 Å². The minimum absolute atomic E-state index is 0.426. The molecule has 0 bridgehead atoms. The van der Waals surface area contributed by atoms with Crippen LogP contribution in [-0.2, 0) is 0 Å². The van der Waals surface area contributed by atoms with Crippen molar-refractivity contribution in [1.82, 2.24) is 5.32 Å². The van der Waals surface area contributed by atoms with Gasteiger partial charge in [0.05, 0.1) is 0 Å². The molecule has 0 saturated heterocycles. The first-order chi connectivity index (χ1) is 7.98. The fourth-order valence-electron chi connectivity index (χ4n) is 2.79. The van der Waals surface area contributed by atoms with Crippen molar-refractivity contribution in [2.45, 2.75) is 26.7 Å².